The van der Waals surface area contributed by atoms with Gasteiger partial charge < -0.3 is 24.9 Å². The van der Waals surface area contributed by atoms with Gasteiger partial charge in [-0.1, -0.05) is 11.6 Å². The van der Waals surface area contributed by atoms with E-state index in [2.05, 4.69) is 10.6 Å². The van der Waals surface area contributed by atoms with Gasteiger partial charge in [-0.15, -0.1) is 0 Å². The highest BCUT2D eigenvalue weighted by Gasteiger charge is 2.09. The molecule has 0 radical (unpaired) electrons. The van der Waals surface area contributed by atoms with Gasteiger partial charge in [0.15, 0.2) is 5.76 Å². The standard InChI is InChI=1S/C17H23ClN2O3/c1-12(21)10-19-7-8-20-11-14-4-6-16(23-14)13-3-5-17(22-2)15(18)9-13/h3-6,9,12,19-21H,7-8,10-11H2,1-2H3/p+2/t12-/m0/s1. The fourth-order valence-electron chi connectivity index (χ4n) is 2.30. The molecule has 2 aromatic rings. The highest BCUT2D eigenvalue weighted by Crippen LogP contribution is 2.30. The third-order valence-electron chi connectivity index (χ3n) is 3.53. The molecule has 23 heavy (non-hydrogen) atoms. The smallest absolute Gasteiger partial charge is 0.158 e. The van der Waals surface area contributed by atoms with Gasteiger partial charge in [0.2, 0.25) is 0 Å². The van der Waals surface area contributed by atoms with Crippen LogP contribution in [0.25, 0.3) is 11.3 Å². The number of nitrogens with two attached hydrogens (primary N) is 2. The van der Waals surface area contributed by atoms with Crippen molar-refractivity contribution in [2.24, 2.45) is 0 Å². The molecule has 1 aromatic heterocycles. The van der Waals surface area contributed by atoms with Crippen molar-refractivity contribution < 1.29 is 24.9 Å². The summed E-state index contributed by atoms with van der Waals surface area (Å²) in [5.74, 6) is 2.39. The van der Waals surface area contributed by atoms with Crippen molar-refractivity contribution in [1.29, 1.82) is 0 Å². The number of quaternary nitrogens is 2. The van der Waals surface area contributed by atoms with E-state index in [1.807, 2.05) is 30.3 Å². The zero-order chi connectivity index (χ0) is 16.7. The molecule has 0 saturated carbocycles. The number of methoxy groups -OCH3 is 1. The summed E-state index contributed by atoms with van der Waals surface area (Å²) < 4.78 is 11.0. The Balaban J connectivity index is 1.82. The van der Waals surface area contributed by atoms with E-state index in [0.717, 1.165) is 43.3 Å². The van der Waals surface area contributed by atoms with Gasteiger partial charge in [-0.2, -0.15) is 0 Å². The quantitative estimate of drug-likeness (QED) is 0.586. The maximum Gasteiger partial charge on any atom is 0.158 e. The van der Waals surface area contributed by atoms with E-state index in [-0.39, 0.29) is 6.10 Å². The Morgan fingerprint density at radius 2 is 2.00 bits per heavy atom. The number of aliphatic hydroxyl groups is 1. The van der Waals surface area contributed by atoms with E-state index < -0.39 is 0 Å². The molecule has 0 fully saturated rings. The third kappa shape index (κ3) is 5.55. The number of rotatable bonds is 9. The molecular formula is C17H25ClN2O3+2. The normalized spacial score (nSPS) is 12.3. The van der Waals surface area contributed by atoms with Crippen LogP contribution in [0.1, 0.15) is 12.7 Å². The second-order valence-electron chi connectivity index (χ2n) is 5.56. The molecule has 5 nitrogen and oxygen atoms in total. The predicted octanol–water partition coefficient (Wildman–Crippen LogP) is 0.616. The summed E-state index contributed by atoms with van der Waals surface area (Å²) in [6, 6.07) is 9.56. The van der Waals surface area contributed by atoms with E-state index in [9.17, 15) is 5.11 Å². The van der Waals surface area contributed by atoms with Crippen LogP contribution in [-0.4, -0.2) is 38.0 Å². The Morgan fingerprint density at radius 3 is 2.70 bits per heavy atom. The van der Waals surface area contributed by atoms with Crippen molar-refractivity contribution in [2.75, 3.05) is 26.7 Å². The first-order chi connectivity index (χ1) is 11.1. The van der Waals surface area contributed by atoms with Crippen molar-refractivity contribution in [3.05, 3.63) is 41.1 Å². The predicted molar refractivity (Wildman–Crippen MR) is 89.5 cm³/mol. The van der Waals surface area contributed by atoms with E-state index in [4.69, 9.17) is 20.8 Å². The van der Waals surface area contributed by atoms with E-state index in [1.54, 1.807) is 14.0 Å². The topological polar surface area (TPSA) is 75.8 Å². The number of furan rings is 1. The molecule has 0 aliphatic carbocycles. The number of ether oxygens (including phenoxy) is 1. The molecule has 1 atom stereocenters. The molecule has 1 heterocycles. The van der Waals surface area contributed by atoms with Crippen molar-refractivity contribution >= 4 is 11.6 Å². The van der Waals surface area contributed by atoms with Crippen LogP contribution in [-0.2, 0) is 6.54 Å². The fraction of sp³-hybridized carbons (Fsp3) is 0.412. The van der Waals surface area contributed by atoms with Crippen molar-refractivity contribution in [2.45, 2.75) is 19.6 Å². The third-order valence-corrected chi connectivity index (χ3v) is 3.82. The molecule has 1 aromatic carbocycles. The molecule has 0 saturated heterocycles. The van der Waals surface area contributed by atoms with Crippen LogP contribution in [0.4, 0.5) is 0 Å². The molecular weight excluding hydrogens is 316 g/mol. The summed E-state index contributed by atoms with van der Waals surface area (Å²) in [5, 5.41) is 14.1. The van der Waals surface area contributed by atoms with Crippen molar-refractivity contribution in [3.8, 4) is 17.1 Å². The number of aliphatic hydroxyl groups excluding tert-OH is 1. The highest BCUT2D eigenvalue weighted by atomic mass is 35.5. The first-order valence-corrected chi connectivity index (χ1v) is 8.22. The van der Waals surface area contributed by atoms with Gasteiger partial charge in [0.25, 0.3) is 0 Å². The lowest BCUT2D eigenvalue weighted by Gasteiger charge is -2.04. The number of hydrogen-bond donors (Lipinski definition) is 3. The molecule has 2 rings (SSSR count). The van der Waals surface area contributed by atoms with Crippen LogP contribution in [0.3, 0.4) is 0 Å². The van der Waals surface area contributed by atoms with Crippen molar-refractivity contribution in [1.82, 2.24) is 0 Å². The van der Waals surface area contributed by atoms with Crippen LogP contribution >= 0.6 is 11.6 Å². The van der Waals surface area contributed by atoms with E-state index >= 15 is 0 Å². The van der Waals surface area contributed by atoms with Gasteiger partial charge >= 0.3 is 0 Å². The zero-order valence-electron chi connectivity index (χ0n) is 13.6. The molecule has 0 aliphatic rings. The Morgan fingerprint density at radius 1 is 1.22 bits per heavy atom. The Hall–Kier alpha value is -1.53. The fourth-order valence-corrected chi connectivity index (χ4v) is 2.56. The van der Waals surface area contributed by atoms with Gasteiger partial charge in [-0.05, 0) is 37.3 Å². The molecule has 0 amide bonds. The van der Waals surface area contributed by atoms with Crippen LogP contribution in [0.5, 0.6) is 5.75 Å². The summed E-state index contributed by atoms with van der Waals surface area (Å²) in [4.78, 5) is 0. The van der Waals surface area contributed by atoms with Gasteiger partial charge in [0.05, 0.1) is 18.2 Å². The molecule has 6 heteroatoms. The lowest BCUT2D eigenvalue weighted by atomic mass is 10.2. The molecule has 0 unspecified atom stereocenters. The van der Waals surface area contributed by atoms with Crippen LogP contribution < -0.4 is 15.4 Å². The summed E-state index contributed by atoms with van der Waals surface area (Å²) in [6.07, 6.45) is -0.251. The van der Waals surface area contributed by atoms with Gasteiger partial charge in [-0.3, -0.25) is 0 Å². The summed E-state index contributed by atoms with van der Waals surface area (Å²) in [6.45, 7) is 5.31. The lowest BCUT2D eigenvalue weighted by Crippen LogP contribution is -2.95. The first kappa shape index (κ1) is 17.8. The monoisotopic (exact) mass is 340 g/mol. The Bertz CT molecular complexity index is 614. The summed E-state index contributed by atoms with van der Waals surface area (Å²) >= 11 is 6.15. The molecule has 5 N–H and O–H groups in total. The number of halogens is 1. The number of benzene rings is 1. The second kappa shape index (κ2) is 8.93. The van der Waals surface area contributed by atoms with Gasteiger partial charge in [0.1, 0.15) is 37.7 Å². The molecule has 0 aliphatic heterocycles. The molecule has 0 bridgehead atoms. The lowest BCUT2D eigenvalue weighted by molar-refractivity contribution is -0.733. The average molecular weight is 341 g/mol. The van der Waals surface area contributed by atoms with Crippen LogP contribution in [0, 0.1) is 0 Å². The summed E-state index contributed by atoms with van der Waals surface area (Å²) in [7, 11) is 1.60. The Labute approximate surface area is 141 Å². The first-order valence-electron chi connectivity index (χ1n) is 7.84. The minimum atomic E-state index is -0.251. The van der Waals surface area contributed by atoms with Gasteiger partial charge in [0, 0.05) is 5.56 Å². The van der Waals surface area contributed by atoms with E-state index in [0.29, 0.717) is 10.8 Å². The second-order valence-corrected chi connectivity index (χ2v) is 5.97. The maximum atomic E-state index is 9.18. The van der Waals surface area contributed by atoms with Crippen molar-refractivity contribution in [3.63, 3.8) is 0 Å². The average Bonchev–Trinajstić information content (AvgIpc) is 2.99. The molecule has 0 spiro atoms. The minimum absolute atomic E-state index is 0.251. The Kier molecular flexibility index (Phi) is 6.92. The maximum absolute atomic E-state index is 9.18. The van der Waals surface area contributed by atoms with Gasteiger partial charge in [-0.25, -0.2) is 0 Å². The van der Waals surface area contributed by atoms with E-state index in [1.165, 1.54) is 0 Å². The van der Waals surface area contributed by atoms with Crippen LogP contribution in [0.2, 0.25) is 5.02 Å². The molecule has 126 valence electrons. The summed E-state index contributed by atoms with van der Waals surface area (Å²) in [5.41, 5.74) is 0.937. The SMILES string of the molecule is COc1ccc(-c2ccc(C[NH2+]CC[NH2+]C[C@H](C)O)o2)cc1Cl. The highest BCUT2D eigenvalue weighted by molar-refractivity contribution is 6.32. The number of hydrogen-bond acceptors (Lipinski definition) is 3. The largest absolute Gasteiger partial charge is 0.495 e. The minimum Gasteiger partial charge on any atom is -0.495 e. The van der Waals surface area contributed by atoms with Crippen LogP contribution in [0.15, 0.2) is 34.7 Å². The zero-order valence-corrected chi connectivity index (χ0v) is 14.3.